The molecule has 0 heterocycles. The van der Waals surface area contributed by atoms with E-state index in [1.54, 1.807) is 25.1 Å². The van der Waals surface area contributed by atoms with Gasteiger partial charge in [0, 0.05) is 14.1 Å². The van der Waals surface area contributed by atoms with Crippen LogP contribution in [0.5, 0.6) is 0 Å². The minimum absolute atomic E-state index is 0.390. The Morgan fingerprint density at radius 2 is 1.93 bits per heavy atom. The Bertz CT molecular complexity index is 197. The van der Waals surface area contributed by atoms with E-state index >= 15 is 0 Å². The number of carboxylic acid groups (broad SMARTS) is 1. The summed E-state index contributed by atoms with van der Waals surface area (Å²) in [4.78, 5) is 12.4. The van der Waals surface area contributed by atoms with Crippen molar-refractivity contribution < 1.29 is 9.90 Å². The van der Waals surface area contributed by atoms with Crippen molar-refractivity contribution in [2.45, 2.75) is 39.0 Å². The van der Waals surface area contributed by atoms with Crippen molar-refractivity contribution in [3.05, 3.63) is 11.8 Å². The van der Waals surface area contributed by atoms with Crippen LogP contribution >= 0.6 is 0 Å². The van der Waals surface area contributed by atoms with E-state index in [2.05, 4.69) is 6.92 Å². The SMILES string of the molecule is CCCCCC/C=C(\C(=O)O)N(C)C. The van der Waals surface area contributed by atoms with Crippen molar-refractivity contribution in [1.29, 1.82) is 0 Å². The van der Waals surface area contributed by atoms with E-state index in [-0.39, 0.29) is 0 Å². The lowest BCUT2D eigenvalue weighted by atomic mass is 10.1. The minimum Gasteiger partial charge on any atom is -0.477 e. The maximum absolute atomic E-state index is 10.8. The summed E-state index contributed by atoms with van der Waals surface area (Å²) in [5.41, 5.74) is 0.390. The molecule has 0 bridgehead atoms. The Morgan fingerprint density at radius 1 is 1.29 bits per heavy atom. The van der Waals surface area contributed by atoms with Gasteiger partial charge in [-0.3, -0.25) is 0 Å². The molecular weight excluding hydrogens is 178 g/mol. The lowest BCUT2D eigenvalue weighted by Gasteiger charge is -2.12. The topological polar surface area (TPSA) is 40.5 Å². The standard InChI is InChI=1S/C11H21NO2/c1-4-5-6-7-8-9-10(11(13)14)12(2)3/h9H,4-8H2,1-3H3,(H,13,14)/b10-9+. The number of rotatable bonds is 7. The molecule has 0 saturated heterocycles. The fourth-order valence-electron chi connectivity index (χ4n) is 1.27. The first-order valence-corrected chi connectivity index (χ1v) is 5.20. The van der Waals surface area contributed by atoms with Gasteiger partial charge in [-0.1, -0.05) is 32.3 Å². The average molecular weight is 199 g/mol. The van der Waals surface area contributed by atoms with Gasteiger partial charge in [0.15, 0.2) is 0 Å². The second-order valence-electron chi connectivity index (χ2n) is 3.64. The molecule has 0 amide bonds. The largest absolute Gasteiger partial charge is 0.477 e. The van der Waals surface area contributed by atoms with Crippen LogP contribution in [0.25, 0.3) is 0 Å². The fraction of sp³-hybridized carbons (Fsp3) is 0.727. The molecule has 3 heteroatoms. The summed E-state index contributed by atoms with van der Waals surface area (Å²) in [5.74, 6) is -0.842. The van der Waals surface area contributed by atoms with Crippen LogP contribution in [0.2, 0.25) is 0 Å². The van der Waals surface area contributed by atoms with Crippen LogP contribution in [0, 0.1) is 0 Å². The molecular formula is C11H21NO2. The summed E-state index contributed by atoms with van der Waals surface area (Å²) >= 11 is 0. The zero-order valence-corrected chi connectivity index (χ0v) is 9.42. The molecule has 3 nitrogen and oxygen atoms in total. The number of nitrogens with zero attached hydrogens (tertiary/aromatic N) is 1. The molecule has 0 saturated carbocycles. The van der Waals surface area contributed by atoms with Gasteiger partial charge in [-0.15, -0.1) is 0 Å². The van der Waals surface area contributed by atoms with E-state index < -0.39 is 5.97 Å². The summed E-state index contributed by atoms with van der Waals surface area (Å²) in [6, 6.07) is 0. The van der Waals surface area contributed by atoms with Gasteiger partial charge in [-0.05, 0) is 12.8 Å². The maximum atomic E-state index is 10.8. The number of carboxylic acids is 1. The summed E-state index contributed by atoms with van der Waals surface area (Å²) in [6.07, 6.45) is 7.38. The normalized spacial score (nSPS) is 11.5. The number of hydrogen-bond donors (Lipinski definition) is 1. The molecule has 0 aromatic carbocycles. The molecule has 14 heavy (non-hydrogen) atoms. The Kier molecular flexibility index (Phi) is 6.89. The number of hydrogen-bond acceptors (Lipinski definition) is 2. The highest BCUT2D eigenvalue weighted by molar-refractivity contribution is 5.85. The lowest BCUT2D eigenvalue weighted by Crippen LogP contribution is -2.18. The molecule has 0 radical (unpaired) electrons. The molecule has 0 spiro atoms. The molecule has 0 aliphatic heterocycles. The number of allylic oxidation sites excluding steroid dienone is 1. The molecule has 82 valence electrons. The van der Waals surface area contributed by atoms with Gasteiger partial charge in [-0.2, -0.15) is 0 Å². The Morgan fingerprint density at radius 3 is 2.36 bits per heavy atom. The fourth-order valence-corrected chi connectivity index (χ4v) is 1.27. The van der Waals surface area contributed by atoms with E-state index in [0.717, 1.165) is 12.8 Å². The Hall–Kier alpha value is -0.990. The monoisotopic (exact) mass is 199 g/mol. The van der Waals surface area contributed by atoms with Gasteiger partial charge in [-0.25, -0.2) is 4.79 Å². The number of likely N-dealkylation sites (N-methyl/N-ethyl adjacent to an activating group) is 1. The predicted molar refractivity (Wildman–Crippen MR) is 58.2 cm³/mol. The minimum atomic E-state index is -0.842. The van der Waals surface area contributed by atoms with Crippen LogP contribution in [-0.2, 0) is 4.79 Å². The third kappa shape index (κ3) is 5.62. The first-order chi connectivity index (χ1) is 6.59. The molecule has 0 aromatic rings. The molecule has 0 aromatic heterocycles. The number of aliphatic carboxylic acids is 1. The van der Waals surface area contributed by atoms with Crippen molar-refractivity contribution in [2.24, 2.45) is 0 Å². The highest BCUT2D eigenvalue weighted by Crippen LogP contribution is 2.07. The van der Waals surface area contributed by atoms with Gasteiger partial charge < -0.3 is 10.0 Å². The van der Waals surface area contributed by atoms with E-state index in [9.17, 15) is 4.79 Å². The Labute approximate surface area is 86.4 Å². The van der Waals surface area contributed by atoms with Gasteiger partial charge in [0.2, 0.25) is 0 Å². The van der Waals surface area contributed by atoms with Crippen molar-refractivity contribution in [3.63, 3.8) is 0 Å². The summed E-state index contributed by atoms with van der Waals surface area (Å²) in [6.45, 7) is 2.17. The molecule has 1 N–H and O–H groups in total. The van der Waals surface area contributed by atoms with E-state index in [4.69, 9.17) is 5.11 Å². The molecule has 0 atom stereocenters. The van der Waals surface area contributed by atoms with Crippen LogP contribution < -0.4 is 0 Å². The zero-order valence-electron chi connectivity index (χ0n) is 9.42. The molecule has 0 unspecified atom stereocenters. The third-order valence-electron chi connectivity index (χ3n) is 2.10. The maximum Gasteiger partial charge on any atom is 0.351 e. The van der Waals surface area contributed by atoms with Crippen LogP contribution in [0.3, 0.4) is 0 Å². The predicted octanol–water partition coefficient (Wildman–Crippen LogP) is 2.49. The second kappa shape index (κ2) is 7.42. The first kappa shape index (κ1) is 13.0. The van der Waals surface area contributed by atoms with E-state index in [1.807, 2.05) is 0 Å². The molecule has 0 fully saturated rings. The van der Waals surface area contributed by atoms with E-state index in [0.29, 0.717) is 5.70 Å². The van der Waals surface area contributed by atoms with Gasteiger partial charge in [0.25, 0.3) is 0 Å². The quantitative estimate of drug-likeness (QED) is 0.506. The van der Waals surface area contributed by atoms with Crippen molar-refractivity contribution >= 4 is 5.97 Å². The third-order valence-corrected chi connectivity index (χ3v) is 2.10. The smallest absolute Gasteiger partial charge is 0.351 e. The Balaban J connectivity index is 3.86. The zero-order chi connectivity index (χ0) is 11.0. The molecule has 0 aliphatic carbocycles. The van der Waals surface area contributed by atoms with Crippen LogP contribution in [0.15, 0.2) is 11.8 Å². The summed E-state index contributed by atoms with van der Waals surface area (Å²) < 4.78 is 0. The lowest BCUT2D eigenvalue weighted by molar-refractivity contribution is -0.134. The van der Waals surface area contributed by atoms with Gasteiger partial charge >= 0.3 is 5.97 Å². The highest BCUT2D eigenvalue weighted by atomic mass is 16.4. The van der Waals surface area contributed by atoms with Crippen molar-refractivity contribution in [2.75, 3.05) is 14.1 Å². The van der Waals surface area contributed by atoms with Gasteiger partial charge in [0.1, 0.15) is 5.70 Å². The van der Waals surface area contributed by atoms with Crippen molar-refractivity contribution in [1.82, 2.24) is 4.90 Å². The van der Waals surface area contributed by atoms with Crippen LogP contribution in [-0.4, -0.2) is 30.1 Å². The molecule has 0 rings (SSSR count). The number of carbonyl (C=O) groups is 1. The summed E-state index contributed by atoms with van der Waals surface area (Å²) in [7, 11) is 3.51. The van der Waals surface area contributed by atoms with Crippen LogP contribution in [0.4, 0.5) is 0 Å². The highest BCUT2D eigenvalue weighted by Gasteiger charge is 2.07. The average Bonchev–Trinajstić information content (AvgIpc) is 2.09. The number of unbranched alkanes of at least 4 members (excludes halogenated alkanes) is 4. The molecule has 0 aliphatic rings. The first-order valence-electron chi connectivity index (χ1n) is 5.20. The van der Waals surface area contributed by atoms with Crippen LogP contribution in [0.1, 0.15) is 39.0 Å². The van der Waals surface area contributed by atoms with E-state index in [1.165, 1.54) is 19.3 Å². The second-order valence-corrected chi connectivity index (χ2v) is 3.64. The van der Waals surface area contributed by atoms with Crippen molar-refractivity contribution in [3.8, 4) is 0 Å². The summed E-state index contributed by atoms with van der Waals surface area (Å²) in [5, 5.41) is 8.84. The van der Waals surface area contributed by atoms with Gasteiger partial charge in [0.05, 0.1) is 0 Å².